The van der Waals surface area contributed by atoms with Crippen LogP contribution in [0.25, 0.3) is 10.9 Å². The van der Waals surface area contributed by atoms with Crippen molar-refractivity contribution in [2.75, 3.05) is 25.6 Å². The molecule has 1 aliphatic heterocycles. The van der Waals surface area contributed by atoms with Gasteiger partial charge in [-0.25, -0.2) is 4.39 Å². The number of aryl methyl sites for hydroxylation is 1. The van der Waals surface area contributed by atoms with Crippen LogP contribution in [0.15, 0.2) is 36.4 Å². The smallest absolute Gasteiger partial charge is 0.306 e. The highest BCUT2D eigenvalue weighted by Gasteiger charge is 2.38. The average molecular weight is 615 g/mol. The summed E-state index contributed by atoms with van der Waals surface area (Å²) in [7, 11) is 3.31. The van der Waals surface area contributed by atoms with Gasteiger partial charge in [0.15, 0.2) is 5.69 Å². The van der Waals surface area contributed by atoms with Crippen molar-refractivity contribution >= 4 is 46.0 Å². The molecule has 12 heteroatoms. The Bertz CT molecular complexity index is 1500. The number of aromatic nitrogens is 2. The van der Waals surface area contributed by atoms with Crippen molar-refractivity contribution in [3.8, 4) is 0 Å². The Labute approximate surface area is 254 Å². The molecule has 0 unspecified atom stereocenters. The molecule has 230 valence electrons. The molecule has 2 aromatic carbocycles. The van der Waals surface area contributed by atoms with Crippen molar-refractivity contribution in [1.29, 1.82) is 0 Å². The van der Waals surface area contributed by atoms with Crippen LogP contribution in [0.5, 0.6) is 0 Å². The van der Waals surface area contributed by atoms with Crippen molar-refractivity contribution in [2.45, 2.75) is 63.1 Å². The number of benzene rings is 2. The van der Waals surface area contributed by atoms with Gasteiger partial charge in [0, 0.05) is 19.5 Å². The van der Waals surface area contributed by atoms with Gasteiger partial charge in [0.1, 0.15) is 5.82 Å². The van der Waals surface area contributed by atoms with Crippen LogP contribution in [0.3, 0.4) is 0 Å². The lowest BCUT2D eigenvalue weighted by Crippen LogP contribution is -2.46. The number of anilines is 1. The van der Waals surface area contributed by atoms with Gasteiger partial charge < -0.3 is 24.8 Å². The first kappa shape index (κ1) is 30.9. The van der Waals surface area contributed by atoms with Gasteiger partial charge in [-0.3, -0.25) is 19.1 Å². The number of carbonyl (C=O) groups excluding carboxylic acids is 2. The molecule has 0 spiro atoms. The van der Waals surface area contributed by atoms with E-state index in [4.69, 9.17) is 21.1 Å². The number of nitrogens with one attached hydrogen (secondary N) is 1. The second kappa shape index (κ2) is 13.4. The van der Waals surface area contributed by atoms with Crippen LogP contribution in [0, 0.1) is 11.7 Å². The SMILES string of the molecule is COC[C@H]1CC[C@@H](CO[C@H]2CC[C@H](C(=O)O)CC2)N1C(=O)Cc1cc(Cl)c(NC(=O)c2nn(C)c3ccccc23)cc1F. The molecule has 2 atom stereocenters. The summed E-state index contributed by atoms with van der Waals surface area (Å²) in [5.74, 6) is -2.55. The molecular weight excluding hydrogens is 579 g/mol. The first-order valence-electron chi connectivity index (χ1n) is 14.5. The van der Waals surface area contributed by atoms with Crippen LogP contribution in [-0.4, -0.2) is 76.1 Å². The number of likely N-dealkylation sites (tertiary alicyclic amines) is 1. The molecule has 3 aromatic rings. The summed E-state index contributed by atoms with van der Waals surface area (Å²) in [6, 6.07) is 9.41. The Hall–Kier alpha value is -3.54. The Kier molecular flexibility index (Phi) is 9.63. The molecule has 5 rings (SSSR count). The quantitative estimate of drug-likeness (QED) is 0.335. The molecule has 1 aromatic heterocycles. The summed E-state index contributed by atoms with van der Waals surface area (Å²) < 4.78 is 28.4. The second-order valence-electron chi connectivity index (χ2n) is 11.3. The van der Waals surface area contributed by atoms with E-state index in [0.29, 0.717) is 44.3 Å². The van der Waals surface area contributed by atoms with Crippen LogP contribution in [0.4, 0.5) is 10.1 Å². The summed E-state index contributed by atoms with van der Waals surface area (Å²) in [5.41, 5.74) is 1.17. The number of hydrogen-bond donors (Lipinski definition) is 2. The monoisotopic (exact) mass is 614 g/mol. The fraction of sp³-hybridized carbons (Fsp3) is 0.484. The number of carboxylic acid groups (broad SMARTS) is 1. The fourth-order valence-corrected chi connectivity index (χ4v) is 6.48. The Morgan fingerprint density at radius 1 is 1.07 bits per heavy atom. The number of ether oxygens (including phenoxy) is 2. The third-order valence-corrected chi connectivity index (χ3v) is 8.83. The molecule has 1 saturated carbocycles. The fourth-order valence-electron chi connectivity index (χ4n) is 6.25. The number of carbonyl (C=O) groups is 3. The van der Waals surface area contributed by atoms with Crippen molar-refractivity contribution in [3.63, 3.8) is 0 Å². The molecule has 1 aliphatic carbocycles. The number of amides is 2. The number of para-hydroxylation sites is 1. The summed E-state index contributed by atoms with van der Waals surface area (Å²) >= 11 is 6.46. The number of aliphatic carboxylic acids is 1. The van der Waals surface area contributed by atoms with E-state index >= 15 is 4.39 Å². The molecule has 2 amide bonds. The molecule has 43 heavy (non-hydrogen) atoms. The topological polar surface area (TPSA) is 123 Å². The largest absolute Gasteiger partial charge is 0.481 e. The number of hydrogen-bond acceptors (Lipinski definition) is 6. The Morgan fingerprint density at radius 2 is 1.77 bits per heavy atom. The molecule has 2 heterocycles. The van der Waals surface area contributed by atoms with Gasteiger partial charge in [-0.2, -0.15) is 5.10 Å². The second-order valence-corrected chi connectivity index (χ2v) is 11.7. The van der Waals surface area contributed by atoms with Gasteiger partial charge in [-0.15, -0.1) is 0 Å². The molecular formula is C31H36ClFN4O6. The van der Waals surface area contributed by atoms with Crippen molar-refractivity contribution in [2.24, 2.45) is 13.0 Å². The van der Waals surface area contributed by atoms with Gasteiger partial charge >= 0.3 is 5.97 Å². The standard InChI is InChI=1S/C31H36ClFN4O6/c1-36-27-6-4-3-5-23(27)29(35-36)30(39)34-26-15-25(33)19(13-24(26)32)14-28(38)37-20(16-42-2)9-10-21(37)17-43-22-11-7-18(8-12-22)31(40)41/h3-6,13,15,18,20-22H,7-12,14,16-17H2,1-2H3,(H,34,39)(H,40,41)/t18-,20-,21+,22-/m1/s1. The number of halogens is 2. The van der Waals surface area contributed by atoms with E-state index in [-0.39, 0.29) is 58.4 Å². The normalized spacial score (nSPS) is 22.2. The zero-order valence-electron chi connectivity index (χ0n) is 24.2. The summed E-state index contributed by atoms with van der Waals surface area (Å²) in [5, 5.41) is 16.9. The number of methoxy groups -OCH3 is 1. The molecule has 1 saturated heterocycles. The van der Waals surface area contributed by atoms with Gasteiger partial charge in [0.05, 0.1) is 60.0 Å². The number of carboxylic acids is 1. The first-order valence-corrected chi connectivity index (χ1v) is 14.9. The Morgan fingerprint density at radius 3 is 2.47 bits per heavy atom. The van der Waals surface area contributed by atoms with E-state index < -0.39 is 17.7 Å². The number of rotatable bonds is 10. The predicted molar refractivity (Wildman–Crippen MR) is 159 cm³/mol. The number of nitrogens with zero attached hydrogens (tertiary/aromatic N) is 3. The lowest BCUT2D eigenvalue weighted by Gasteiger charge is -2.32. The summed E-state index contributed by atoms with van der Waals surface area (Å²) in [6.45, 7) is 0.674. The molecule has 2 aliphatic rings. The van der Waals surface area contributed by atoms with Gasteiger partial charge in [0.2, 0.25) is 5.91 Å². The Balaban J connectivity index is 1.25. The minimum atomic E-state index is -0.766. The van der Waals surface area contributed by atoms with Crippen molar-refractivity contribution in [1.82, 2.24) is 14.7 Å². The maximum Gasteiger partial charge on any atom is 0.306 e. The molecule has 2 N–H and O–H groups in total. The van der Waals surface area contributed by atoms with Crippen LogP contribution in [-0.2, 0) is 32.5 Å². The van der Waals surface area contributed by atoms with E-state index in [1.807, 2.05) is 12.1 Å². The zero-order valence-corrected chi connectivity index (χ0v) is 25.0. The van der Waals surface area contributed by atoms with Crippen LogP contribution >= 0.6 is 11.6 Å². The van der Waals surface area contributed by atoms with Crippen LogP contribution in [0.2, 0.25) is 5.02 Å². The maximum atomic E-state index is 15.3. The van der Waals surface area contributed by atoms with E-state index in [2.05, 4.69) is 10.4 Å². The minimum Gasteiger partial charge on any atom is -0.481 e. The van der Waals surface area contributed by atoms with Crippen molar-refractivity contribution < 1.29 is 33.4 Å². The van der Waals surface area contributed by atoms with Gasteiger partial charge in [-0.1, -0.05) is 29.8 Å². The highest BCUT2D eigenvalue weighted by atomic mass is 35.5. The maximum absolute atomic E-state index is 15.3. The summed E-state index contributed by atoms with van der Waals surface area (Å²) in [4.78, 5) is 39.6. The highest BCUT2D eigenvalue weighted by Crippen LogP contribution is 2.32. The van der Waals surface area contributed by atoms with Crippen LogP contribution in [0.1, 0.15) is 54.6 Å². The lowest BCUT2D eigenvalue weighted by atomic mass is 9.87. The molecule has 2 fully saturated rings. The van der Waals surface area contributed by atoms with E-state index in [1.54, 1.807) is 35.9 Å². The first-order chi connectivity index (χ1) is 20.7. The van der Waals surface area contributed by atoms with Gasteiger partial charge in [0.25, 0.3) is 5.91 Å². The molecule has 0 bridgehead atoms. The molecule has 10 nitrogen and oxygen atoms in total. The summed E-state index contributed by atoms with van der Waals surface area (Å²) in [6.07, 6.45) is 3.69. The van der Waals surface area contributed by atoms with E-state index in [9.17, 15) is 19.5 Å². The lowest BCUT2D eigenvalue weighted by molar-refractivity contribution is -0.144. The van der Waals surface area contributed by atoms with E-state index in [0.717, 1.165) is 24.4 Å². The van der Waals surface area contributed by atoms with E-state index in [1.165, 1.54) is 6.07 Å². The highest BCUT2D eigenvalue weighted by molar-refractivity contribution is 6.34. The van der Waals surface area contributed by atoms with Crippen LogP contribution < -0.4 is 5.32 Å². The average Bonchev–Trinajstić information content (AvgIpc) is 3.55. The minimum absolute atomic E-state index is 0.0443. The predicted octanol–water partition coefficient (Wildman–Crippen LogP) is 4.83. The van der Waals surface area contributed by atoms with Gasteiger partial charge in [-0.05, 0) is 62.3 Å². The third-order valence-electron chi connectivity index (χ3n) is 8.51. The third kappa shape index (κ3) is 6.84. The number of fused-ring (bicyclic) bond motifs is 1. The van der Waals surface area contributed by atoms with Crippen molar-refractivity contribution in [3.05, 3.63) is 58.5 Å². The molecule has 0 radical (unpaired) electrons. The zero-order chi connectivity index (χ0) is 30.7.